The van der Waals surface area contributed by atoms with Gasteiger partial charge in [-0.1, -0.05) is 67.5 Å². The third-order valence-electron chi connectivity index (χ3n) is 7.35. The van der Waals surface area contributed by atoms with Gasteiger partial charge < -0.3 is 15.2 Å². The summed E-state index contributed by atoms with van der Waals surface area (Å²) in [7, 11) is 3.17. The molecule has 0 heterocycles. The average Bonchev–Trinajstić information content (AvgIpc) is 2.96. The van der Waals surface area contributed by atoms with Crippen LogP contribution in [-0.2, 0) is 0 Å². The second kappa shape index (κ2) is 10.8. The fourth-order valence-corrected chi connectivity index (χ4v) is 5.28. The molecule has 1 saturated carbocycles. The summed E-state index contributed by atoms with van der Waals surface area (Å²) in [6.07, 6.45) is 7.44. The van der Waals surface area contributed by atoms with E-state index in [1.165, 1.54) is 48.8 Å². The number of hydrogen-bond acceptors (Lipinski definition) is 4. The lowest BCUT2D eigenvalue weighted by atomic mass is 9.84. The Bertz CT molecular complexity index is 1490. The van der Waals surface area contributed by atoms with Crippen molar-refractivity contribution >= 4 is 22.7 Å². The number of benzene rings is 4. The van der Waals surface area contributed by atoms with Gasteiger partial charge in [0, 0.05) is 22.2 Å². The number of anilines is 1. The van der Waals surface area contributed by atoms with Crippen LogP contribution in [0, 0.1) is 11.8 Å². The molecule has 1 aliphatic carbocycles. The lowest BCUT2D eigenvalue weighted by molar-refractivity contribution is 0.112. The van der Waals surface area contributed by atoms with Gasteiger partial charge in [-0.3, -0.25) is 4.79 Å². The van der Waals surface area contributed by atoms with Crippen molar-refractivity contribution in [1.82, 2.24) is 0 Å². The molecule has 0 unspecified atom stereocenters. The largest absolute Gasteiger partial charge is 0.493 e. The topological polar surface area (TPSA) is 61.5 Å². The van der Waals surface area contributed by atoms with Crippen LogP contribution in [0.1, 0.15) is 65.1 Å². The zero-order valence-corrected chi connectivity index (χ0v) is 21.3. The molecule has 0 atom stereocenters. The molecule has 37 heavy (non-hydrogen) atoms. The van der Waals surface area contributed by atoms with Gasteiger partial charge in [0.25, 0.3) is 0 Å². The summed E-state index contributed by atoms with van der Waals surface area (Å²) in [6.45, 7) is 0. The molecule has 2 N–H and O–H groups in total. The van der Waals surface area contributed by atoms with Gasteiger partial charge in [0.15, 0.2) is 17.8 Å². The number of carbonyl (C=O) groups excluding carboxylic acids is 1. The lowest BCUT2D eigenvalue weighted by Crippen LogP contribution is -2.04. The van der Waals surface area contributed by atoms with Crippen molar-refractivity contribution in [2.75, 3.05) is 20.0 Å². The van der Waals surface area contributed by atoms with Crippen molar-refractivity contribution in [3.8, 4) is 34.5 Å². The van der Waals surface area contributed by atoms with Crippen molar-refractivity contribution < 1.29 is 14.3 Å². The van der Waals surface area contributed by atoms with Crippen LogP contribution < -0.4 is 15.2 Å². The molecule has 5 rings (SSSR count). The summed E-state index contributed by atoms with van der Waals surface area (Å²) in [5.41, 5.74) is 12.3. The smallest absolute Gasteiger partial charge is 0.177 e. The average molecular weight is 490 g/mol. The maximum Gasteiger partial charge on any atom is 0.177 e. The minimum Gasteiger partial charge on any atom is -0.493 e. The predicted molar refractivity (Wildman–Crippen MR) is 151 cm³/mol. The fraction of sp³-hybridized carbons (Fsp3) is 0.242. The normalized spacial score (nSPS) is 13.6. The molecular formula is C33H31NO3. The van der Waals surface area contributed by atoms with E-state index in [0.29, 0.717) is 34.2 Å². The Hall–Kier alpha value is -4.23. The van der Waals surface area contributed by atoms with Crippen molar-refractivity contribution in [3.05, 3.63) is 89.0 Å². The van der Waals surface area contributed by atoms with E-state index >= 15 is 0 Å². The Morgan fingerprint density at radius 2 is 1.51 bits per heavy atom. The molecule has 186 valence electrons. The van der Waals surface area contributed by atoms with Gasteiger partial charge in [0.05, 0.1) is 19.8 Å². The standard InChI is InChI=1S/C33H31NO3/c1-36-32-19-27-18-28(21-35)31(34)20-30(27)29(33(32)37-2)17-10-22-8-11-24(12-9-22)26-15-13-25(14-16-26)23-6-4-3-5-7-23/h8-9,11-16,18-21,23H,3-7,34H2,1-2H3. The maximum atomic E-state index is 11.4. The highest BCUT2D eigenvalue weighted by molar-refractivity contribution is 6.00. The first-order chi connectivity index (χ1) is 18.1. The van der Waals surface area contributed by atoms with Crippen LogP contribution >= 0.6 is 0 Å². The maximum absolute atomic E-state index is 11.4. The van der Waals surface area contributed by atoms with E-state index < -0.39 is 0 Å². The Morgan fingerprint density at radius 3 is 2.14 bits per heavy atom. The molecule has 0 amide bonds. The second-order valence-electron chi connectivity index (χ2n) is 9.59. The monoisotopic (exact) mass is 489 g/mol. The van der Waals surface area contributed by atoms with Crippen LogP contribution in [0.4, 0.5) is 5.69 Å². The van der Waals surface area contributed by atoms with Gasteiger partial charge in [-0.25, -0.2) is 0 Å². The Balaban J connectivity index is 1.45. The fourth-order valence-electron chi connectivity index (χ4n) is 5.28. The highest BCUT2D eigenvalue weighted by Crippen LogP contribution is 2.38. The first-order valence-electron chi connectivity index (χ1n) is 12.8. The molecule has 0 bridgehead atoms. The summed E-state index contributed by atoms with van der Waals surface area (Å²) in [6, 6.07) is 22.7. The van der Waals surface area contributed by atoms with E-state index in [0.717, 1.165) is 22.6 Å². The summed E-state index contributed by atoms with van der Waals surface area (Å²) in [5, 5.41) is 1.62. The van der Waals surface area contributed by atoms with Crippen LogP contribution in [0.3, 0.4) is 0 Å². The number of nitrogen functional groups attached to an aromatic ring is 1. The van der Waals surface area contributed by atoms with Gasteiger partial charge >= 0.3 is 0 Å². The van der Waals surface area contributed by atoms with Crippen molar-refractivity contribution in [2.24, 2.45) is 0 Å². The first kappa shape index (κ1) is 24.5. The Labute approximate surface area is 218 Å². The van der Waals surface area contributed by atoms with Crippen molar-refractivity contribution in [1.29, 1.82) is 0 Å². The Kier molecular flexibility index (Phi) is 7.14. The number of nitrogens with two attached hydrogens (primary N) is 1. The highest BCUT2D eigenvalue weighted by atomic mass is 16.5. The van der Waals surface area contributed by atoms with Crippen LogP contribution in [-0.4, -0.2) is 20.5 Å². The molecule has 4 nitrogen and oxygen atoms in total. The zero-order chi connectivity index (χ0) is 25.8. The number of hydrogen-bond donors (Lipinski definition) is 1. The molecule has 1 fully saturated rings. The number of carbonyl (C=O) groups is 1. The van der Waals surface area contributed by atoms with E-state index in [4.69, 9.17) is 15.2 Å². The minimum absolute atomic E-state index is 0.400. The molecule has 4 aromatic carbocycles. The molecule has 0 aliphatic heterocycles. The number of aldehydes is 1. The van der Waals surface area contributed by atoms with Crippen LogP contribution in [0.5, 0.6) is 11.5 Å². The predicted octanol–water partition coefficient (Wildman–Crippen LogP) is 7.37. The number of methoxy groups -OCH3 is 2. The van der Waals surface area contributed by atoms with E-state index in [1.807, 2.05) is 18.2 Å². The second-order valence-corrected chi connectivity index (χ2v) is 9.59. The molecule has 4 aromatic rings. The summed E-state index contributed by atoms with van der Waals surface area (Å²) in [4.78, 5) is 11.4. The van der Waals surface area contributed by atoms with Gasteiger partial charge in [-0.05, 0) is 71.2 Å². The van der Waals surface area contributed by atoms with Crippen molar-refractivity contribution in [3.63, 3.8) is 0 Å². The number of fused-ring (bicyclic) bond motifs is 1. The lowest BCUT2D eigenvalue weighted by Gasteiger charge is -2.22. The third kappa shape index (κ3) is 5.04. The summed E-state index contributed by atoms with van der Waals surface area (Å²) in [5.74, 6) is 8.33. The minimum atomic E-state index is 0.400. The van der Waals surface area contributed by atoms with Gasteiger partial charge in [-0.2, -0.15) is 0 Å². The SMILES string of the molecule is COc1cc2cc(C=O)c(N)cc2c(C#Cc2ccc(-c3ccc(C4CCCCC4)cc3)cc2)c1OC. The van der Waals surface area contributed by atoms with E-state index in [9.17, 15) is 4.79 Å². The molecular weight excluding hydrogens is 458 g/mol. The summed E-state index contributed by atoms with van der Waals surface area (Å²) < 4.78 is 11.2. The van der Waals surface area contributed by atoms with Crippen LogP contribution in [0.25, 0.3) is 21.9 Å². The van der Waals surface area contributed by atoms with Crippen LogP contribution in [0.15, 0.2) is 66.7 Å². The number of rotatable bonds is 5. The molecule has 0 aromatic heterocycles. The van der Waals surface area contributed by atoms with Gasteiger partial charge in [0.1, 0.15) is 0 Å². The van der Waals surface area contributed by atoms with Crippen molar-refractivity contribution in [2.45, 2.75) is 38.0 Å². The first-order valence-corrected chi connectivity index (χ1v) is 12.8. The molecule has 0 saturated heterocycles. The molecule has 0 radical (unpaired) electrons. The molecule has 0 spiro atoms. The molecule has 4 heteroatoms. The highest BCUT2D eigenvalue weighted by Gasteiger charge is 2.16. The van der Waals surface area contributed by atoms with E-state index in [1.54, 1.807) is 26.4 Å². The zero-order valence-electron chi connectivity index (χ0n) is 21.3. The van der Waals surface area contributed by atoms with Gasteiger partial charge in [0.2, 0.25) is 0 Å². The van der Waals surface area contributed by atoms with Gasteiger partial charge in [-0.15, -0.1) is 0 Å². The Morgan fingerprint density at radius 1 is 0.838 bits per heavy atom. The summed E-state index contributed by atoms with van der Waals surface area (Å²) >= 11 is 0. The van der Waals surface area contributed by atoms with E-state index in [2.05, 4.69) is 48.2 Å². The quantitative estimate of drug-likeness (QED) is 0.181. The molecule has 1 aliphatic rings. The van der Waals surface area contributed by atoms with Crippen LogP contribution in [0.2, 0.25) is 0 Å². The van der Waals surface area contributed by atoms with E-state index in [-0.39, 0.29) is 0 Å². The number of ether oxygens (including phenoxy) is 2. The third-order valence-corrected chi connectivity index (χ3v) is 7.35.